The first-order valence-corrected chi connectivity index (χ1v) is 7.54. The maximum atomic E-state index is 11.4. The maximum absolute atomic E-state index is 11.4. The third-order valence-corrected chi connectivity index (χ3v) is 3.16. The summed E-state index contributed by atoms with van der Waals surface area (Å²) in [6, 6.07) is 16.7. The van der Waals surface area contributed by atoms with Crippen molar-refractivity contribution in [2.75, 3.05) is 16.0 Å². The molecule has 7 nitrogen and oxygen atoms in total. The van der Waals surface area contributed by atoms with Crippen LogP contribution in [0.5, 0.6) is 0 Å². The van der Waals surface area contributed by atoms with Gasteiger partial charge in [-0.25, -0.2) is 15.0 Å². The van der Waals surface area contributed by atoms with Crippen LogP contribution in [0.15, 0.2) is 73.6 Å². The number of hydrogen-bond donors (Lipinski definition) is 3. The molecule has 25 heavy (non-hydrogen) atoms. The SMILES string of the molecule is C=CC(=O)Nc1cccc(Nc2cc(Nc3ccccc3)ncn2)n1. The molecule has 124 valence electrons. The van der Waals surface area contributed by atoms with Gasteiger partial charge in [0.05, 0.1) is 0 Å². The number of carbonyl (C=O) groups excluding carboxylic acids is 1. The number of nitrogens with zero attached hydrogens (tertiary/aromatic N) is 3. The van der Waals surface area contributed by atoms with Crippen molar-refractivity contribution >= 4 is 34.9 Å². The summed E-state index contributed by atoms with van der Waals surface area (Å²) in [4.78, 5) is 24.0. The average molecular weight is 332 g/mol. The largest absolute Gasteiger partial charge is 0.340 e. The summed E-state index contributed by atoms with van der Waals surface area (Å²) in [5, 5.41) is 8.89. The lowest BCUT2D eigenvalue weighted by Gasteiger charge is -2.09. The van der Waals surface area contributed by atoms with Crippen molar-refractivity contribution in [2.24, 2.45) is 0 Å². The highest BCUT2D eigenvalue weighted by Crippen LogP contribution is 2.19. The molecule has 3 aromatic rings. The molecule has 0 fully saturated rings. The van der Waals surface area contributed by atoms with Crippen LogP contribution in [0.2, 0.25) is 0 Å². The first-order valence-electron chi connectivity index (χ1n) is 7.54. The minimum atomic E-state index is -0.318. The number of carbonyl (C=O) groups is 1. The molecule has 3 N–H and O–H groups in total. The molecule has 1 aromatic carbocycles. The normalized spacial score (nSPS) is 9.92. The molecule has 3 rings (SSSR count). The highest BCUT2D eigenvalue weighted by Gasteiger charge is 2.03. The van der Waals surface area contributed by atoms with E-state index in [4.69, 9.17) is 0 Å². The molecule has 0 radical (unpaired) electrons. The fourth-order valence-corrected chi connectivity index (χ4v) is 2.05. The van der Waals surface area contributed by atoms with Gasteiger partial charge in [-0.15, -0.1) is 0 Å². The van der Waals surface area contributed by atoms with E-state index in [1.165, 1.54) is 12.4 Å². The Morgan fingerprint density at radius 2 is 1.60 bits per heavy atom. The van der Waals surface area contributed by atoms with Crippen LogP contribution in [-0.4, -0.2) is 20.9 Å². The van der Waals surface area contributed by atoms with Gasteiger partial charge in [0.2, 0.25) is 5.91 Å². The molecule has 0 aliphatic carbocycles. The molecule has 1 amide bonds. The molecule has 2 heterocycles. The molecule has 2 aromatic heterocycles. The van der Waals surface area contributed by atoms with Crippen LogP contribution >= 0.6 is 0 Å². The highest BCUT2D eigenvalue weighted by atomic mass is 16.1. The summed E-state index contributed by atoms with van der Waals surface area (Å²) in [7, 11) is 0. The van der Waals surface area contributed by atoms with Crippen molar-refractivity contribution in [3.8, 4) is 0 Å². The topological polar surface area (TPSA) is 91.8 Å². The van der Waals surface area contributed by atoms with Crippen LogP contribution in [0.25, 0.3) is 0 Å². The first-order chi connectivity index (χ1) is 12.2. The third kappa shape index (κ3) is 4.61. The number of aromatic nitrogens is 3. The number of hydrogen-bond acceptors (Lipinski definition) is 6. The zero-order chi connectivity index (χ0) is 17.5. The van der Waals surface area contributed by atoms with Gasteiger partial charge in [0.1, 0.15) is 29.6 Å². The number of nitrogens with one attached hydrogen (secondary N) is 3. The number of para-hydroxylation sites is 1. The van der Waals surface area contributed by atoms with E-state index < -0.39 is 0 Å². The van der Waals surface area contributed by atoms with Gasteiger partial charge in [-0.1, -0.05) is 30.8 Å². The molecular formula is C18H16N6O. The average Bonchev–Trinajstić information content (AvgIpc) is 2.63. The number of benzene rings is 1. The molecule has 0 aliphatic rings. The van der Waals surface area contributed by atoms with Crippen molar-refractivity contribution in [3.63, 3.8) is 0 Å². The Morgan fingerprint density at radius 3 is 2.36 bits per heavy atom. The summed E-state index contributed by atoms with van der Waals surface area (Å²) in [5.41, 5.74) is 0.930. The lowest BCUT2D eigenvalue weighted by molar-refractivity contribution is -0.111. The number of anilines is 5. The molecule has 7 heteroatoms. The van der Waals surface area contributed by atoms with E-state index >= 15 is 0 Å². The number of rotatable bonds is 6. The van der Waals surface area contributed by atoms with Gasteiger partial charge < -0.3 is 16.0 Å². The van der Waals surface area contributed by atoms with Crippen LogP contribution in [0.4, 0.5) is 29.0 Å². The molecule has 0 saturated carbocycles. The van der Waals surface area contributed by atoms with Crippen LogP contribution in [0, 0.1) is 0 Å². The van der Waals surface area contributed by atoms with Crippen LogP contribution in [0.3, 0.4) is 0 Å². The Balaban J connectivity index is 1.73. The Labute approximate surface area is 144 Å². The summed E-state index contributed by atoms with van der Waals surface area (Å²) in [5.74, 6) is 1.88. The lowest BCUT2D eigenvalue weighted by Crippen LogP contribution is -2.09. The molecule has 0 unspecified atom stereocenters. The molecule has 0 atom stereocenters. The Kier molecular flexibility index (Phi) is 4.96. The van der Waals surface area contributed by atoms with Gasteiger partial charge in [0.15, 0.2) is 0 Å². The van der Waals surface area contributed by atoms with Crippen molar-refractivity contribution in [1.29, 1.82) is 0 Å². The van der Waals surface area contributed by atoms with Gasteiger partial charge >= 0.3 is 0 Å². The summed E-state index contributed by atoms with van der Waals surface area (Å²) in [6.45, 7) is 3.41. The molecule has 0 aliphatic heterocycles. The fourth-order valence-electron chi connectivity index (χ4n) is 2.05. The Hall–Kier alpha value is -3.74. The second kappa shape index (κ2) is 7.69. The summed E-state index contributed by atoms with van der Waals surface area (Å²) < 4.78 is 0. The lowest BCUT2D eigenvalue weighted by atomic mass is 10.3. The quantitative estimate of drug-likeness (QED) is 0.599. The Bertz CT molecular complexity index is 881. The zero-order valence-corrected chi connectivity index (χ0v) is 13.3. The smallest absolute Gasteiger partial charge is 0.248 e. The van der Waals surface area contributed by atoms with E-state index in [1.54, 1.807) is 24.3 Å². The van der Waals surface area contributed by atoms with E-state index in [0.717, 1.165) is 5.69 Å². The maximum Gasteiger partial charge on any atom is 0.248 e. The fraction of sp³-hybridized carbons (Fsp3) is 0. The summed E-state index contributed by atoms with van der Waals surface area (Å²) in [6.07, 6.45) is 2.64. The highest BCUT2D eigenvalue weighted by molar-refractivity contribution is 5.98. The second-order valence-corrected chi connectivity index (χ2v) is 5.01. The number of amides is 1. The monoisotopic (exact) mass is 332 g/mol. The zero-order valence-electron chi connectivity index (χ0n) is 13.3. The van der Waals surface area contributed by atoms with Crippen molar-refractivity contribution in [3.05, 3.63) is 73.6 Å². The minimum Gasteiger partial charge on any atom is -0.340 e. The van der Waals surface area contributed by atoms with Crippen molar-refractivity contribution < 1.29 is 4.79 Å². The van der Waals surface area contributed by atoms with Gasteiger partial charge in [-0.2, -0.15) is 0 Å². The first kappa shape index (κ1) is 16.1. The standard InChI is InChI=1S/C18H16N6O/c1-2-18(25)24-15-10-6-9-14(22-15)23-17-11-16(19-12-20-17)21-13-7-4-3-5-8-13/h2-12H,1H2,(H3,19,20,21,22,23,24,25). The van der Waals surface area contributed by atoms with Crippen molar-refractivity contribution in [1.82, 2.24) is 15.0 Å². The summed E-state index contributed by atoms with van der Waals surface area (Å²) >= 11 is 0. The molecule has 0 bridgehead atoms. The van der Waals surface area contributed by atoms with Crippen LogP contribution in [-0.2, 0) is 4.79 Å². The molecular weight excluding hydrogens is 316 g/mol. The number of pyridine rings is 1. The predicted molar refractivity (Wildman–Crippen MR) is 98.1 cm³/mol. The van der Waals surface area contributed by atoms with Crippen molar-refractivity contribution in [2.45, 2.75) is 0 Å². The van der Waals surface area contributed by atoms with Crippen LogP contribution in [0.1, 0.15) is 0 Å². The third-order valence-electron chi connectivity index (χ3n) is 3.16. The van der Waals surface area contributed by atoms with Gasteiger partial charge in [-0.05, 0) is 30.3 Å². The predicted octanol–water partition coefficient (Wildman–Crippen LogP) is 3.48. The van der Waals surface area contributed by atoms with Gasteiger partial charge in [0.25, 0.3) is 0 Å². The second-order valence-electron chi connectivity index (χ2n) is 5.01. The van der Waals surface area contributed by atoms with E-state index in [9.17, 15) is 4.79 Å². The Morgan fingerprint density at radius 1 is 0.880 bits per heavy atom. The minimum absolute atomic E-state index is 0.318. The van der Waals surface area contributed by atoms with Gasteiger partial charge in [0, 0.05) is 11.8 Å². The van der Waals surface area contributed by atoms with E-state index in [2.05, 4.69) is 37.5 Å². The van der Waals surface area contributed by atoms with E-state index in [-0.39, 0.29) is 5.91 Å². The van der Waals surface area contributed by atoms with E-state index in [0.29, 0.717) is 23.3 Å². The van der Waals surface area contributed by atoms with E-state index in [1.807, 2.05) is 30.3 Å². The van der Waals surface area contributed by atoms with Crippen LogP contribution < -0.4 is 16.0 Å². The molecule has 0 saturated heterocycles. The molecule has 0 spiro atoms. The van der Waals surface area contributed by atoms with Gasteiger partial charge in [-0.3, -0.25) is 4.79 Å².